The van der Waals surface area contributed by atoms with E-state index in [1.165, 1.54) is 19.2 Å². The highest BCUT2D eigenvalue weighted by Crippen LogP contribution is 2.37. The SMILES string of the molecule is COc1c(F)ccc(C2CNCCO2)c1O. The number of hydrogen-bond donors (Lipinski definition) is 2. The van der Waals surface area contributed by atoms with E-state index in [1.807, 2.05) is 0 Å². The van der Waals surface area contributed by atoms with Gasteiger partial charge in [0.25, 0.3) is 0 Å². The molecule has 5 heteroatoms. The van der Waals surface area contributed by atoms with Crippen LogP contribution in [0.25, 0.3) is 0 Å². The third-order valence-electron chi connectivity index (χ3n) is 2.59. The first-order valence-electron chi connectivity index (χ1n) is 5.11. The van der Waals surface area contributed by atoms with Crippen molar-refractivity contribution in [2.24, 2.45) is 0 Å². The molecule has 4 nitrogen and oxygen atoms in total. The number of phenols is 1. The fourth-order valence-electron chi connectivity index (χ4n) is 1.78. The van der Waals surface area contributed by atoms with E-state index >= 15 is 0 Å². The minimum absolute atomic E-state index is 0.133. The molecule has 1 saturated heterocycles. The number of halogens is 1. The van der Waals surface area contributed by atoms with E-state index in [1.54, 1.807) is 0 Å². The van der Waals surface area contributed by atoms with Crippen LogP contribution in [0.5, 0.6) is 11.5 Å². The number of rotatable bonds is 2. The van der Waals surface area contributed by atoms with Gasteiger partial charge >= 0.3 is 0 Å². The van der Waals surface area contributed by atoms with Crippen LogP contribution in [0.4, 0.5) is 4.39 Å². The molecule has 16 heavy (non-hydrogen) atoms. The van der Waals surface area contributed by atoms with Crippen molar-refractivity contribution in [3.8, 4) is 11.5 Å². The maximum Gasteiger partial charge on any atom is 0.196 e. The quantitative estimate of drug-likeness (QED) is 0.797. The Morgan fingerprint density at radius 1 is 1.56 bits per heavy atom. The summed E-state index contributed by atoms with van der Waals surface area (Å²) in [4.78, 5) is 0. The molecule has 0 amide bonds. The first-order valence-corrected chi connectivity index (χ1v) is 5.11. The Morgan fingerprint density at radius 3 is 3.00 bits per heavy atom. The lowest BCUT2D eigenvalue weighted by molar-refractivity contribution is 0.0260. The lowest BCUT2D eigenvalue weighted by atomic mass is 10.1. The van der Waals surface area contributed by atoms with Crippen molar-refractivity contribution in [2.45, 2.75) is 6.10 Å². The minimum atomic E-state index is -0.576. The van der Waals surface area contributed by atoms with Gasteiger partial charge in [-0.1, -0.05) is 0 Å². The molecule has 1 unspecified atom stereocenters. The van der Waals surface area contributed by atoms with Gasteiger partial charge in [-0.15, -0.1) is 0 Å². The molecule has 1 aliphatic rings. The molecule has 1 heterocycles. The highest BCUT2D eigenvalue weighted by atomic mass is 19.1. The Hall–Kier alpha value is -1.33. The summed E-state index contributed by atoms with van der Waals surface area (Å²) in [6, 6.07) is 2.79. The molecule has 0 saturated carbocycles. The van der Waals surface area contributed by atoms with Crippen LogP contribution in [0, 0.1) is 5.82 Å². The van der Waals surface area contributed by atoms with Crippen molar-refractivity contribution in [3.05, 3.63) is 23.5 Å². The second-order valence-electron chi connectivity index (χ2n) is 3.58. The van der Waals surface area contributed by atoms with Gasteiger partial charge in [0.2, 0.25) is 0 Å². The topological polar surface area (TPSA) is 50.7 Å². The van der Waals surface area contributed by atoms with Crippen LogP contribution in [0.2, 0.25) is 0 Å². The number of aromatic hydroxyl groups is 1. The third-order valence-corrected chi connectivity index (χ3v) is 2.59. The lowest BCUT2D eigenvalue weighted by Crippen LogP contribution is -2.33. The van der Waals surface area contributed by atoms with E-state index in [2.05, 4.69) is 5.32 Å². The van der Waals surface area contributed by atoms with Crippen molar-refractivity contribution < 1.29 is 19.0 Å². The molecule has 0 aliphatic carbocycles. The van der Waals surface area contributed by atoms with E-state index in [-0.39, 0.29) is 17.6 Å². The maximum absolute atomic E-state index is 13.3. The monoisotopic (exact) mass is 227 g/mol. The second-order valence-corrected chi connectivity index (χ2v) is 3.58. The minimum Gasteiger partial charge on any atom is -0.504 e. The van der Waals surface area contributed by atoms with E-state index < -0.39 is 5.82 Å². The standard InChI is InChI=1S/C11H14FNO3/c1-15-11-8(12)3-2-7(10(11)14)9-6-13-4-5-16-9/h2-3,9,13-14H,4-6H2,1H3. The van der Waals surface area contributed by atoms with Crippen molar-refractivity contribution in [2.75, 3.05) is 26.8 Å². The van der Waals surface area contributed by atoms with Gasteiger partial charge in [0.1, 0.15) is 0 Å². The van der Waals surface area contributed by atoms with Gasteiger partial charge in [0.05, 0.1) is 19.8 Å². The van der Waals surface area contributed by atoms with Gasteiger partial charge in [-0.05, 0) is 12.1 Å². The molecule has 1 aromatic carbocycles. The summed E-state index contributed by atoms with van der Waals surface area (Å²) in [6.07, 6.45) is -0.261. The van der Waals surface area contributed by atoms with Crippen molar-refractivity contribution in [1.82, 2.24) is 5.32 Å². The number of methoxy groups -OCH3 is 1. The number of hydrogen-bond acceptors (Lipinski definition) is 4. The van der Waals surface area contributed by atoms with Crippen LogP contribution in [-0.2, 0) is 4.74 Å². The highest BCUT2D eigenvalue weighted by Gasteiger charge is 2.22. The van der Waals surface area contributed by atoms with Crippen LogP contribution in [0.1, 0.15) is 11.7 Å². The molecule has 0 spiro atoms. The summed E-state index contributed by atoms with van der Waals surface area (Å²) in [5, 5.41) is 13.0. The summed E-state index contributed by atoms with van der Waals surface area (Å²) in [5.41, 5.74) is 0.547. The Kier molecular flexibility index (Phi) is 3.26. The molecule has 2 rings (SSSR count). The van der Waals surface area contributed by atoms with Crippen molar-refractivity contribution >= 4 is 0 Å². The number of nitrogens with one attached hydrogen (secondary N) is 1. The van der Waals surface area contributed by atoms with Crippen LogP contribution >= 0.6 is 0 Å². The summed E-state index contributed by atoms with van der Waals surface area (Å²) in [5.74, 6) is -0.893. The summed E-state index contributed by atoms with van der Waals surface area (Å²) in [6.45, 7) is 1.96. The van der Waals surface area contributed by atoms with E-state index in [9.17, 15) is 9.50 Å². The van der Waals surface area contributed by atoms with Gasteiger partial charge in [0, 0.05) is 18.7 Å². The lowest BCUT2D eigenvalue weighted by Gasteiger charge is -2.25. The average Bonchev–Trinajstić information content (AvgIpc) is 2.31. The molecule has 0 radical (unpaired) electrons. The molecule has 1 aliphatic heterocycles. The van der Waals surface area contributed by atoms with Gasteiger partial charge < -0.3 is 19.9 Å². The molecular weight excluding hydrogens is 213 g/mol. The zero-order valence-corrected chi connectivity index (χ0v) is 9.00. The molecule has 0 bridgehead atoms. The zero-order valence-electron chi connectivity index (χ0n) is 9.00. The maximum atomic E-state index is 13.3. The van der Waals surface area contributed by atoms with Crippen LogP contribution in [-0.4, -0.2) is 31.9 Å². The molecule has 88 valence electrons. The summed E-state index contributed by atoms with van der Waals surface area (Å²) < 4.78 is 23.5. The Bertz CT molecular complexity index is 378. The van der Waals surface area contributed by atoms with Crippen LogP contribution in [0.3, 0.4) is 0 Å². The smallest absolute Gasteiger partial charge is 0.196 e. The van der Waals surface area contributed by atoms with Gasteiger partial charge in [0.15, 0.2) is 17.3 Å². The first-order chi connectivity index (χ1) is 7.74. The Morgan fingerprint density at radius 2 is 2.38 bits per heavy atom. The largest absolute Gasteiger partial charge is 0.504 e. The van der Waals surface area contributed by atoms with Crippen LogP contribution in [0.15, 0.2) is 12.1 Å². The Balaban J connectivity index is 2.33. The molecular formula is C11H14FNO3. The highest BCUT2D eigenvalue weighted by molar-refractivity contribution is 5.47. The van der Waals surface area contributed by atoms with Crippen LogP contribution < -0.4 is 10.1 Å². The Labute approximate surface area is 93.0 Å². The van der Waals surface area contributed by atoms with E-state index in [4.69, 9.17) is 9.47 Å². The van der Waals surface area contributed by atoms with Crippen molar-refractivity contribution in [3.63, 3.8) is 0 Å². The fourth-order valence-corrected chi connectivity index (χ4v) is 1.78. The molecule has 1 atom stereocenters. The average molecular weight is 227 g/mol. The van der Waals surface area contributed by atoms with E-state index in [0.717, 1.165) is 6.54 Å². The van der Waals surface area contributed by atoms with Gasteiger partial charge in [-0.3, -0.25) is 0 Å². The van der Waals surface area contributed by atoms with E-state index in [0.29, 0.717) is 18.7 Å². The number of ether oxygens (including phenoxy) is 2. The molecule has 1 fully saturated rings. The normalized spacial score (nSPS) is 20.8. The molecule has 0 aromatic heterocycles. The first kappa shape index (κ1) is 11.2. The summed E-state index contributed by atoms with van der Waals surface area (Å²) >= 11 is 0. The zero-order chi connectivity index (χ0) is 11.5. The predicted octanol–water partition coefficient (Wildman–Crippen LogP) is 1.20. The predicted molar refractivity (Wildman–Crippen MR) is 56.2 cm³/mol. The third kappa shape index (κ3) is 1.96. The number of morpholine rings is 1. The number of benzene rings is 1. The molecule has 2 N–H and O–H groups in total. The number of phenolic OH excluding ortho intramolecular Hbond substituents is 1. The van der Waals surface area contributed by atoms with Gasteiger partial charge in [-0.2, -0.15) is 0 Å². The van der Waals surface area contributed by atoms with Gasteiger partial charge in [-0.25, -0.2) is 4.39 Å². The molecule has 1 aromatic rings. The summed E-state index contributed by atoms with van der Waals surface area (Å²) in [7, 11) is 1.32. The second kappa shape index (κ2) is 4.67. The van der Waals surface area contributed by atoms with Crippen molar-refractivity contribution in [1.29, 1.82) is 0 Å². The fraction of sp³-hybridized carbons (Fsp3) is 0.455.